The lowest BCUT2D eigenvalue weighted by atomic mass is 9.92. The summed E-state index contributed by atoms with van der Waals surface area (Å²) in [6.45, 7) is 3.17. The van der Waals surface area contributed by atoms with Crippen LogP contribution in [0.4, 0.5) is 5.69 Å². The van der Waals surface area contributed by atoms with Crippen LogP contribution in [0, 0.1) is 6.92 Å². The molecule has 3 nitrogen and oxygen atoms in total. The van der Waals surface area contributed by atoms with E-state index in [9.17, 15) is 0 Å². The van der Waals surface area contributed by atoms with Gasteiger partial charge in [0.1, 0.15) is 0 Å². The van der Waals surface area contributed by atoms with Crippen LogP contribution in [0.5, 0.6) is 0 Å². The topological polar surface area (TPSA) is 37.0 Å². The molecule has 2 atom stereocenters. The van der Waals surface area contributed by atoms with Crippen molar-refractivity contribution in [3.63, 3.8) is 0 Å². The number of fused-ring (bicyclic) bond motifs is 1. The van der Waals surface area contributed by atoms with E-state index in [0.717, 1.165) is 17.8 Å². The molecule has 2 heterocycles. The normalized spacial score (nSPS) is 18.8. The van der Waals surface area contributed by atoms with Crippen molar-refractivity contribution >= 4 is 16.6 Å². The molecule has 1 aliphatic heterocycles. The van der Waals surface area contributed by atoms with Crippen LogP contribution >= 0.6 is 0 Å². The van der Waals surface area contributed by atoms with Crippen molar-refractivity contribution in [3.05, 3.63) is 71.9 Å². The highest BCUT2D eigenvalue weighted by molar-refractivity contribution is 5.91. The monoisotopic (exact) mass is 331 g/mol. The molecule has 3 heteroatoms. The van der Waals surface area contributed by atoms with Crippen LogP contribution in [0.3, 0.4) is 0 Å². The molecule has 0 aliphatic carbocycles. The number of benzene rings is 2. The zero-order valence-corrected chi connectivity index (χ0v) is 14.7. The summed E-state index contributed by atoms with van der Waals surface area (Å²) in [5.74, 6) is 0. The summed E-state index contributed by atoms with van der Waals surface area (Å²) in [7, 11) is 0. The highest BCUT2D eigenvalue weighted by atomic mass is 15.0. The molecule has 0 amide bonds. The maximum Gasteiger partial charge on any atom is 0.0725 e. The van der Waals surface area contributed by atoms with Crippen molar-refractivity contribution in [1.29, 1.82) is 0 Å². The van der Waals surface area contributed by atoms with Gasteiger partial charge in [-0.3, -0.25) is 4.98 Å². The number of rotatable bonds is 4. The molecule has 0 radical (unpaired) electrons. The summed E-state index contributed by atoms with van der Waals surface area (Å²) in [6, 6.07) is 22.0. The van der Waals surface area contributed by atoms with Crippen LogP contribution in [0.15, 0.2) is 60.7 Å². The van der Waals surface area contributed by atoms with Crippen molar-refractivity contribution in [2.24, 2.45) is 0 Å². The first-order chi connectivity index (χ1) is 12.3. The fourth-order valence-corrected chi connectivity index (χ4v) is 3.83. The Hall–Kier alpha value is -2.39. The average Bonchev–Trinajstić information content (AvgIpc) is 2.67. The zero-order valence-electron chi connectivity index (χ0n) is 14.7. The van der Waals surface area contributed by atoms with Gasteiger partial charge in [-0.2, -0.15) is 0 Å². The van der Waals surface area contributed by atoms with Crippen molar-refractivity contribution < 1.29 is 0 Å². The van der Waals surface area contributed by atoms with Gasteiger partial charge in [0.25, 0.3) is 0 Å². The molecule has 1 saturated heterocycles. The number of hydrogen-bond donors (Lipinski definition) is 2. The fraction of sp³-hybridized carbons (Fsp3) is 0.318. The lowest BCUT2D eigenvalue weighted by Crippen LogP contribution is -2.41. The van der Waals surface area contributed by atoms with E-state index in [0.29, 0.717) is 6.04 Å². The predicted octanol–water partition coefficient (Wildman–Crippen LogP) is 4.84. The lowest BCUT2D eigenvalue weighted by Gasteiger charge is -2.33. The van der Waals surface area contributed by atoms with Gasteiger partial charge in [-0.15, -0.1) is 0 Å². The van der Waals surface area contributed by atoms with Crippen molar-refractivity contribution in [2.75, 3.05) is 11.9 Å². The summed E-state index contributed by atoms with van der Waals surface area (Å²) in [6.07, 6.45) is 3.77. The molecule has 4 rings (SSSR count). The Morgan fingerprint density at radius 1 is 1.04 bits per heavy atom. The first-order valence-corrected chi connectivity index (χ1v) is 9.22. The molecule has 0 spiro atoms. The molecule has 128 valence electrons. The van der Waals surface area contributed by atoms with Crippen LogP contribution in [-0.2, 0) is 0 Å². The summed E-state index contributed by atoms with van der Waals surface area (Å²) in [4.78, 5) is 4.67. The van der Waals surface area contributed by atoms with Gasteiger partial charge in [0.05, 0.1) is 11.6 Å². The van der Waals surface area contributed by atoms with E-state index in [1.54, 1.807) is 0 Å². The van der Waals surface area contributed by atoms with Gasteiger partial charge in [0.2, 0.25) is 0 Å². The van der Waals surface area contributed by atoms with Gasteiger partial charge in [-0.05, 0) is 44.0 Å². The number of aromatic nitrogens is 1. The summed E-state index contributed by atoms with van der Waals surface area (Å²) in [5, 5.41) is 8.75. The second-order valence-corrected chi connectivity index (χ2v) is 6.92. The van der Waals surface area contributed by atoms with E-state index < -0.39 is 0 Å². The highest BCUT2D eigenvalue weighted by Gasteiger charge is 2.25. The van der Waals surface area contributed by atoms with E-state index >= 15 is 0 Å². The SMILES string of the molecule is Cc1cc(N[C@@H](c2ccccc2)[C@@H]2CCCCN2)c2ccccc2n1. The van der Waals surface area contributed by atoms with Crippen molar-refractivity contribution in [1.82, 2.24) is 10.3 Å². The van der Waals surface area contributed by atoms with Crippen LogP contribution in [-0.4, -0.2) is 17.6 Å². The minimum Gasteiger partial charge on any atom is -0.376 e. The minimum atomic E-state index is 0.256. The molecule has 3 aromatic rings. The number of anilines is 1. The number of para-hydroxylation sites is 1. The molecular weight excluding hydrogens is 306 g/mol. The highest BCUT2D eigenvalue weighted by Crippen LogP contribution is 2.31. The minimum absolute atomic E-state index is 0.256. The number of piperidine rings is 1. The number of nitrogens with one attached hydrogen (secondary N) is 2. The third kappa shape index (κ3) is 3.52. The molecular formula is C22H25N3. The summed E-state index contributed by atoms with van der Waals surface area (Å²) in [5.41, 5.74) is 4.60. The largest absolute Gasteiger partial charge is 0.376 e. The Morgan fingerprint density at radius 2 is 1.84 bits per heavy atom. The van der Waals surface area contributed by atoms with Crippen LogP contribution in [0.2, 0.25) is 0 Å². The Balaban J connectivity index is 1.74. The van der Waals surface area contributed by atoms with Crippen LogP contribution in [0.25, 0.3) is 10.9 Å². The molecule has 0 saturated carbocycles. The van der Waals surface area contributed by atoms with Gasteiger partial charge >= 0.3 is 0 Å². The predicted molar refractivity (Wildman–Crippen MR) is 105 cm³/mol. The Labute approximate surface area is 149 Å². The van der Waals surface area contributed by atoms with Gasteiger partial charge in [-0.1, -0.05) is 55.0 Å². The molecule has 1 fully saturated rings. The first-order valence-electron chi connectivity index (χ1n) is 9.22. The number of nitrogens with zero attached hydrogens (tertiary/aromatic N) is 1. The van der Waals surface area contributed by atoms with Gasteiger partial charge in [-0.25, -0.2) is 0 Å². The quantitative estimate of drug-likeness (QED) is 0.718. The van der Waals surface area contributed by atoms with E-state index in [1.165, 1.54) is 35.9 Å². The number of pyridine rings is 1. The van der Waals surface area contributed by atoms with Gasteiger partial charge in [0.15, 0.2) is 0 Å². The van der Waals surface area contributed by atoms with Crippen molar-refractivity contribution in [2.45, 2.75) is 38.3 Å². The van der Waals surface area contributed by atoms with Crippen molar-refractivity contribution in [3.8, 4) is 0 Å². The molecule has 0 bridgehead atoms. The average molecular weight is 331 g/mol. The molecule has 2 N–H and O–H groups in total. The van der Waals surface area contributed by atoms with E-state index in [4.69, 9.17) is 0 Å². The molecule has 0 unspecified atom stereocenters. The summed E-state index contributed by atoms with van der Waals surface area (Å²) < 4.78 is 0. The second-order valence-electron chi connectivity index (χ2n) is 6.92. The standard InChI is InChI=1S/C22H25N3/c1-16-15-21(18-11-5-6-12-19(18)24-16)25-22(17-9-3-2-4-10-17)20-13-7-8-14-23-20/h2-6,9-12,15,20,22-23H,7-8,13-14H2,1H3,(H,24,25)/t20-,22-/m0/s1. The third-order valence-electron chi connectivity index (χ3n) is 5.06. The molecule has 25 heavy (non-hydrogen) atoms. The lowest BCUT2D eigenvalue weighted by molar-refractivity contribution is 0.366. The maximum absolute atomic E-state index is 4.67. The number of hydrogen-bond acceptors (Lipinski definition) is 3. The maximum atomic E-state index is 4.67. The molecule has 1 aromatic heterocycles. The van der Waals surface area contributed by atoms with E-state index in [1.807, 2.05) is 0 Å². The van der Waals surface area contributed by atoms with Crippen LogP contribution < -0.4 is 10.6 Å². The Kier molecular flexibility index (Phi) is 4.66. The van der Waals surface area contributed by atoms with Crippen LogP contribution in [0.1, 0.15) is 36.6 Å². The fourth-order valence-electron chi connectivity index (χ4n) is 3.83. The molecule has 1 aliphatic rings. The van der Waals surface area contributed by atoms with E-state index in [2.05, 4.69) is 83.2 Å². The zero-order chi connectivity index (χ0) is 17.1. The molecule has 2 aromatic carbocycles. The first kappa shape index (κ1) is 16.1. The third-order valence-corrected chi connectivity index (χ3v) is 5.06. The summed E-state index contributed by atoms with van der Waals surface area (Å²) >= 11 is 0. The second kappa shape index (κ2) is 7.24. The van der Waals surface area contributed by atoms with Gasteiger partial charge in [0, 0.05) is 22.8 Å². The van der Waals surface area contributed by atoms with E-state index in [-0.39, 0.29) is 6.04 Å². The van der Waals surface area contributed by atoms with Gasteiger partial charge < -0.3 is 10.6 Å². The number of aryl methyl sites for hydroxylation is 1. The Bertz CT molecular complexity index is 838. The smallest absolute Gasteiger partial charge is 0.0725 e. The Morgan fingerprint density at radius 3 is 2.64 bits per heavy atom.